The molecule has 0 aliphatic rings. The van der Waals surface area contributed by atoms with E-state index in [1.807, 2.05) is 42.5 Å². The van der Waals surface area contributed by atoms with Crippen LogP contribution in [-0.2, 0) is 0 Å². The molecule has 0 aliphatic carbocycles. The average molecular weight is 320 g/mol. The third kappa shape index (κ3) is 2.87. The van der Waals surface area contributed by atoms with Gasteiger partial charge in [-0.3, -0.25) is 0 Å². The van der Waals surface area contributed by atoms with E-state index < -0.39 is 0 Å². The topological polar surface area (TPSA) is 33.0 Å². The zero-order valence-corrected chi connectivity index (χ0v) is 12.1. The molecule has 18 heavy (non-hydrogen) atoms. The van der Waals surface area contributed by atoms with Crippen molar-refractivity contribution in [2.45, 2.75) is 9.79 Å². The van der Waals surface area contributed by atoms with Crippen LogP contribution < -0.4 is 4.74 Å². The van der Waals surface area contributed by atoms with E-state index in [1.165, 1.54) is 0 Å². The molecule has 0 fully saturated rings. The third-order valence-corrected chi connectivity index (χ3v) is 4.07. The molecule has 0 saturated carbocycles. The highest BCUT2D eigenvalue weighted by molar-refractivity contribution is 9.10. The number of rotatable bonds is 3. The smallest absolute Gasteiger partial charge is 0.119 e. The van der Waals surface area contributed by atoms with Crippen LogP contribution in [0.15, 0.2) is 56.7 Å². The minimum Gasteiger partial charge on any atom is -0.497 e. The molecule has 0 aromatic heterocycles. The Kier molecular flexibility index (Phi) is 4.29. The first-order valence-corrected chi connectivity index (χ1v) is 6.86. The van der Waals surface area contributed by atoms with Crippen LogP contribution in [0, 0.1) is 11.3 Å². The van der Waals surface area contributed by atoms with E-state index in [-0.39, 0.29) is 0 Å². The van der Waals surface area contributed by atoms with Crippen LogP contribution in [-0.4, -0.2) is 7.11 Å². The minimum absolute atomic E-state index is 0.658. The maximum Gasteiger partial charge on any atom is 0.119 e. The summed E-state index contributed by atoms with van der Waals surface area (Å²) in [6.45, 7) is 0. The van der Waals surface area contributed by atoms with Crippen molar-refractivity contribution in [2.75, 3.05) is 7.11 Å². The molecule has 0 spiro atoms. The van der Waals surface area contributed by atoms with Crippen molar-refractivity contribution in [2.24, 2.45) is 0 Å². The van der Waals surface area contributed by atoms with Crippen molar-refractivity contribution < 1.29 is 4.74 Å². The molecule has 0 aliphatic heterocycles. The van der Waals surface area contributed by atoms with Crippen LogP contribution in [0.25, 0.3) is 0 Å². The molecule has 0 bridgehead atoms. The fraction of sp³-hybridized carbons (Fsp3) is 0.0714. The average Bonchev–Trinajstić information content (AvgIpc) is 2.39. The molecule has 0 amide bonds. The van der Waals surface area contributed by atoms with Gasteiger partial charge in [-0.05, 0) is 46.3 Å². The first-order chi connectivity index (χ1) is 8.74. The highest BCUT2D eigenvalue weighted by Crippen LogP contribution is 2.34. The molecule has 4 heteroatoms. The SMILES string of the molecule is COc1cccc(Sc2cccc(Br)c2C#N)c1. The van der Waals surface area contributed by atoms with Crippen molar-refractivity contribution in [1.29, 1.82) is 5.26 Å². The largest absolute Gasteiger partial charge is 0.497 e. The Morgan fingerprint density at radius 3 is 2.72 bits per heavy atom. The lowest BCUT2D eigenvalue weighted by Gasteiger charge is -2.06. The number of nitriles is 1. The summed E-state index contributed by atoms with van der Waals surface area (Å²) in [5.74, 6) is 0.813. The second kappa shape index (κ2) is 5.94. The molecular formula is C14H10BrNOS. The van der Waals surface area contributed by atoms with Gasteiger partial charge >= 0.3 is 0 Å². The fourth-order valence-corrected chi connectivity index (χ4v) is 3.06. The summed E-state index contributed by atoms with van der Waals surface area (Å²) in [5, 5.41) is 9.16. The number of hydrogen-bond donors (Lipinski definition) is 0. The van der Waals surface area contributed by atoms with E-state index in [0.717, 1.165) is 20.0 Å². The van der Waals surface area contributed by atoms with Gasteiger partial charge in [-0.1, -0.05) is 23.9 Å². The van der Waals surface area contributed by atoms with Crippen LogP contribution in [0.3, 0.4) is 0 Å². The number of ether oxygens (including phenoxy) is 1. The predicted molar refractivity (Wildman–Crippen MR) is 76.0 cm³/mol. The standard InChI is InChI=1S/C14H10BrNOS/c1-17-10-4-2-5-11(8-10)18-14-7-3-6-13(15)12(14)9-16/h2-8H,1H3. The lowest BCUT2D eigenvalue weighted by atomic mass is 10.2. The second-order valence-electron chi connectivity index (χ2n) is 3.51. The third-order valence-electron chi connectivity index (χ3n) is 2.36. The van der Waals surface area contributed by atoms with Gasteiger partial charge in [0.1, 0.15) is 11.8 Å². The Bertz CT molecular complexity index is 607. The Morgan fingerprint density at radius 2 is 2.00 bits per heavy atom. The maximum atomic E-state index is 9.16. The van der Waals surface area contributed by atoms with E-state index in [2.05, 4.69) is 22.0 Å². The summed E-state index contributed by atoms with van der Waals surface area (Å²) in [7, 11) is 1.64. The summed E-state index contributed by atoms with van der Waals surface area (Å²) >= 11 is 4.94. The Balaban J connectivity index is 2.34. The molecular weight excluding hydrogens is 310 g/mol. The number of nitrogens with zero attached hydrogens (tertiary/aromatic N) is 1. The highest BCUT2D eigenvalue weighted by atomic mass is 79.9. The predicted octanol–water partition coefficient (Wildman–Crippen LogP) is 4.48. The molecule has 0 N–H and O–H groups in total. The van der Waals surface area contributed by atoms with Gasteiger partial charge < -0.3 is 4.74 Å². The molecule has 90 valence electrons. The maximum absolute atomic E-state index is 9.16. The Morgan fingerprint density at radius 1 is 1.22 bits per heavy atom. The summed E-state index contributed by atoms with van der Waals surface area (Å²) in [6.07, 6.45) is 0. The molecule has 0 atom stereocenters. The lowest BCUT2D eigenvalue weighted by Crippen LogP contribution is -1.85. The zero-order valence-electron chi connectivity index (χ0n) is 9.68. The van der Waals surface area contributed by atoms with E-state index >= 15 is 0 Å². The summed E-state index contributed by atoms with van der Waals surface area (Å²) in [5.41, 5.74) is 0.658. The van der Waals surface area contributed by atoms with Crippen LogP contribution in [0.1, 0.15) is 5.56 Å². The molecule has 2 rings (SSSR count). The van der Waals surface area contributed by atoms with Gasteiger partial charge in [-0.2, -0.15) is 5.26 Å². The Labute approximate surface area is 119 Å². The molecule has 2 aromatic carbocycles. The highest BCUT2D eigenvalue weighted by Gasteiger charge is 2.07. The minimum atomic E-state index is 0.658. The van der Waals surface area contributed by atoms with E-state index in [9.17, 15) is 0 Å². The van der Waals surface area contributed by atoms with Crippen LogP contribution in [0.5, 0.6) is 5.75 Å². The quantitative estimate of drug-likeness (QED) is 0.836. The van der Waals surface area contributed by atoms with Gasteiger partial charge in [-0.25, -0.2) is 0 Å². The zero-order chi connectivity index (χ0) is 13.0. The van der Waals surface area contributed by atoms with Gasteiger partial charge in [0.15, 0.2) is 0 Å². The number of halogens is 1. The van der Waals surface area contributed by atoms with Crippen molar-refractivity contribution in [1.82, 2.24) is 0 Å². The summed E-state index contributed by atoms with van der Waals surface area (Å²) < 4.78 is 6.00. The monoisotopic (exact) mass is 319 g/mol. The first kappa shape index (κ1) is 13.0. The molecule has 2 nitrogen and oxygen atoms in total. The summed E-state index contributed by atoms with van der Waals surface area (Å²) in [6, 6.07) is 15.7. The molecule has 0 radical (unpaired) electrons. The van der Waals surface area contributed by atoms with Crippen LogP contribution >= 0.6 is 27.7 Å². The van der Waals surface area contributed by atoms with Gasteiger partial charge in [-0.15, -0.1) is 0 Å². The lowest BCUT2D eigenvalue weighted by molar-refractivity contribution is 0.413. The van der Waals surface area contributed by atoms with Crippen LogP contribution in [0.2, 0.25) is 0 Å². The number of hydrogen-bond acceptors (Lipinski definition) is 3. The van der Waals surface area contributed by atoms with Crippen molar-refractivity contribution >= 4 is 27.7 Å². The van der Waals surface area contributed by atoms with Crippen molar-refractivity contribution in [3.05, 3.63) is 52.5 Å². The van der Waals surface area contributed by atoms with E-state index in [0.29, 0.717) is 5.56 Å². The molecule has 0 unspecified atom stereocenters. The Hall–Kier alpha value is -1.44. The van der Waals surface area contributed by atoms with E-state index in [1.54, 1.807) is 18.9 Å². The summed E-state index contributed by atoms with van der Waals surface area (Å²) in [4.78, 5) is 1.98. The van der Waals surface area contributed by atoms with Gasteiger partial charge in [0, 0.05) is 14.3 Å². The number of methoxy groups -OCH3 is 1. The first-order valence-electron chi connectivity index (χ1n) is 5.25. The molecule has 0 heterocycles. The van der Waals surface area contributed by atoms with Gasteiger partial charge in [0.2, 0.25) is 0 Å². The number of benzene rings is 2. The fourth-order valence-electron chi connectivity index (χ4n) is 1.49. The van der Waals surface area contributed by atoms with Gasteiger partial charge in [0.05, 0.1) is 12.7 Å². The van der Waals surface area contributed by atoms with Crippen molar-refractivity contribution in [3.63, 3.8) is 0 Å². The van der Waals surface area contributed by atoms with E-state index in [4.69, 9.17) is 10.00 Å². The normalized spacial score (nSPS) is 9.83. The van der Waals surface area contributed by atoms with Crippen molar-refractivity contribution in [3.8, 4) is 11.8 Å². The second-order valence-corrected chi connectivity index (χ2v) is 5.48. The molecule has 0 saturated heterocycles. The van der Waals surface area contributed by atoms with Gasteiger partial charge in [0.25, 0.3) is 0 Å². The molecule has 2 aromatic rings. The van der Waals surface area contributed by atoms with Crippen LogP contribution in [0.4, 0.5) is 0 Å².